The zero-order valence-electron chi connectivity index (χ0n) is 12.1. The number of ether oxygens (including phenoxy) is 1. The number of fused-ring (bicyclic) bond motifs is 1. The fourth-order valence-electron chi connectivity index (χ4n) is 2.16. The van der Waals surface area contributed by atoms with Crippen LogP contribution in [0, 0.1) is 6.92 Å². The van der Waals surface area contributed by atoms with E-state index in [1.165, 1.54) is 18.2 Å². The summed E-state index contributed by atoms with van der Waals surface area (Å²) in [4.78, 5) is 7.69. The molecule has 0 bridgehead atoms. The van der Waals surface area contributed by atoms with Gasteiger partial charge >= 0.3 is 18.8 Å². The van der Waals surface area contributed by atoms with E-state index in [0.717, 1.165) is 16.6 Å². The highest BCUT2D eigenvalue weighted by Gasteiger charge is 2.30. The minimum Gasteiger partial charge on any atom is -0.400 e. The molecule has 0 unspecified atom stereocenters. The van der Waals surface area contributed by atoms with Gasteiger partial charge in [-0.15, -0.1) is 5.10 Å². The summed E-state index contributed by atoms with van der Waals surface area (Å²) in [5.74, 6) is -0.0574. The fraction of sp³-hybridized carbons (Fsp3) is 0.214. The highest BCUT2D eigenvalue weighted by molar-refractivity contribution is 5.63. The zero-order valence-corrected chi connectivity index (χ0v) is 12.1. The summed E-state index contributed by atoms with van der Waals surface area (Å²) in [6.07, 6.45) is -4.51. The van der Waals surface area contributed by atoms with Gasteiger partial charge in [-0.05, 0) is 25.1 Å². The molecular weight excluding hydrogens is 335 g/mol. The lowest BCUT2D eigenvalue weighted by Gasteiger charge is -2.10. The number of nitrogens with zero attached hydrogens (tertiary/aromatic N) is 4. The van der Waals surface area contributed by atoms with Gasteiger partial charge in [0, 0.05) is 11.3 Å². The monoisotopic (exact) mass is 344 g/mol. The zero-order chi connectivity index (χ0) is 17.5. The molecule has 0 saturated carbocycles. The molecule has 0 N–H and O–H groups in total. The molecule has 3 rings (SSSR count). The van der Waals surface area contributed by atoms with Crippen molar-refractivity contribution in [2.24, 2.45) is 0 Å². The van der Waals surface area contributed by atoms with E-state index in [0.29, 0.717) is 5.69 Å². The van der Waals surface area contributed by atoms with Crippen LogP contribution in [0.1, 0.15) is 11.3 Å². The quantitative estimate of drug-likeness (QED) is 0.680. The molecule has 5 nitrogen and oxygen atoms in total. The average molecular weight is 344 g/mol. The maximum atomic E-state index is 12.9. The predicted molar refractivity (Wildman–Crippen MR) is 72.6 cm³/mol. The summed E-state index contributed by atoms with van der Waals surface area (Å²) in [5.41, 5.74) is 0.00623. The van der Waals surface area contributed by atoms with Crippen molar-refractivity contribution < 1.29 is 26.7 Å². The maximum Gasteiger partial charge on any atom is 0.416 e. The Kier molecular flexibility index (Phi) is 3.82. The minimum absolute atomic E-state index is 0.0574. The first-order valence-corrected chi connectivity index (χ1v) is 6.61. The van der Waals surface area contributed by atoms with Crippen LogP contribution in [0.3, 0.4) is 0 Å². The third-order valence-corrected chi connectivity index (χ3v) is 3.10. The number of rotatable bonds is 3. The molecule has 0 aliphatic heterocycles. The summed E-state index contributed by atoms with van der Waals surface area (Å²) in [6.45, 7) is -1.53. The van der Waals surface area contributed by atoms with Crippen molar-refractivity contribution in [3.63, 3.8) is 0 Å². The van der Waals surface area contributed by atoms with Crippen LogP contribution in [0.15, 0.2) is 30.3 Å². The van der Waals surface area contributed by atoms with Crippen molar-refractivity contribution in [2.75, 3.05) is 0 Å². The number of aromatic nitrogens is 4. The molecule has 2 aromatic heterocycles. The lowest BCUT2D eigenvalue weighted by molar-refractivity contribution is -0.137. The van der Waals surface area contributed by atoms with Gasteiger partial charge in [-0.2, -0.15) is 31.5 Å². The van der Waals surface area contributed by atoms with E-state index in [-0.39, 0.29) is 17.0 Å². The number of halogens is 5. The summed E-state index contributed by atoms with van der Waals surface area (Å²) in [6, 6.07) is 5.41. The molecule has 0 saturated heterocycles. The van der Waals surface area contributed by atoms with Gasteiger partial charge in [-0.25, -0.2) is 4.98 Å². The van der Waals surface area contributed by atoms with Gasteiger partial charge in [0.1, 0.15) is 0 Å². The molecule has 0 atom stereocenters. The first-order valence-electron chi connectivity index (χ1n) is 6.61. The summed E-state index contributed by atoms with van der Waals surface area (Å²) in [5, 5.41) is 3.72. The lowest BCUT2D eigenvalue weighted by atomic mass is 10.1. The van der Waals surface area contributed by atoms with Crippen LogP contribution in [-0.2, 0) is 6.18 Å². The molecule has 2 heterocycles. The standard InChI is InChI=1S/C14H9F5N4O/c1-7-5-10(8-3-2-4-9(6-8)14(17,18)19)23-12(20-7)21-13(22-23)24-11(15)16/h2-6,11H,1H3. The number of hydrogen-bond donors (Lipinski definition) is 0. The second kappa shape index (κ2) is 5.69. The highest BCUT2D eigenvalue weighted by Crippen LogP contribution is 2.32. The van der Waals surface area contributed by atoms with Crippen molar-refractivity contribution in [2.45, 2.75) is 19.7 Å². The molecule has 0 aliphatic rings. The Morgan fingerprint density at radius 2 is 1.88 bits per heavy atom. The minimum atomic E-state index is -4.51. The van der Waals surface area contributed by atoms with Crippen molar-refractivity contribution in [1.29, 1.82) is 0 Å². The average Bonchev–Trinajstić information content (AvgIpc) is 2.86. The Balaban J connectivity index is 2.17. The van der Waals surface area contributed by atoms with Crippen LogP contribution < -0.4 is 4.74 Å². The van der Waals surface area contributed by atoms with Crippen LogP contribution in [0.5, 0.6) is 6.01 Å². The second-order valence-corrected chi connectivity index (χ2v) is 4.85. The summed E-state index contributed by atoms with van der Waals surface area (Å²) < 4.78 is 68.3. The Hall–Kier alpha value is -2.78. The molecular formula is C14H9F5N4O. The van der Waals surface area contributed by atoms with Crippen LogP contribution in [0.2, 0.25) is 0 Å². The van der Waals surface area contributed by atoms with E-state index < -0.39 is 24.4 Å². The van der Waals surface area contributed by atoms with Gasteiger partial charge in [0.05, 0.1) is 11.3 Å². The number of benzene rings is 1. The molecule has 24 heavy (non-hydrogen) atoms. The van der Waals surface area contributed by atoms with Gasteiger partial charge in [0.15, 0.2) is 0 Å². The Morgan fingerprint density at radius 3 is 2.54 bits per heavy atom. The van der Waals surface area contributed by atoms with Crippen molar-refractivity contribution in [1.82, 2.24) is 19.6 Å². The topological polar surface area (TPSA) is 52.3 Å². The van der Waals surface area contributed by atoms with E-state index in [1.54, 1.807) is 6.92 Å². The van der Waals surface area contributed by atoms with E-state index in [2.05, 4.69) is 19.8 Å². The van der Waals surface area contributed by atoms with E-state index >= 15 is 0 Å². The van der Waals surface area contributed by atoms with Crippen molar-refractivity contribution in [3.8, 4) is 17.3 Å². The van der Waals surface area contributed by atoms with Gasteiger partial charge in [-0.3, -0.25) is 0 Å². The van der Waals surface area contributed by atoms with Crippen molar-refractivity contribution >= 4 is 5.78 Å². The van der Waals surface area contributed by atoms with Crippen LogP contribution >= 0.6 is 0 Å². The Morgan fingerprint density at radius 1 is 1.12 bits per heavy atom. The molecule has 126 valence electrons. The smallest absolute Gasteiger partial charge is 0.400 e. The van der Waals surface area contributed by atoms with E-state index in [1.807, 2.05) is 0 Å². The molecule has 3 aromatic rings. The molecule has 0 aliphatic carbocycles. The number of hydrogen-bond acceptors (Lipinski definition) is 4. The highest BCUT2D eigenvalue weighted by atomic mass is 19.4. The van der Waals surface area contributed by atoms with E-state index in [4.69, 9.17) is 0 Å². The maximum absolute atomic E-state index is 12.9. The Bertz CT molecular complexity index is 890. The molecule has 0 amide bonds. The SMILES string of the molecule is Cc1cc(-c2cccc(C(F)(F)F)c2)n2nc(OC(F)F)nc2n1. The number of alkyl halides is 5. The van der Waals surface area contributed by atoms with Crippen LogP contribution in [-0.4, -0.2) is 26.2 Å². The van der Waals surface area contributed by atoms with Crippen molar-refractivity contribution in [3.05, 3.63) is 41.6 Å². The summed E-state index contributed by atoms with van der Waals surface area (Å²) >= 11 is 0. The largest absolute Gasteiger partial charge is 0.416 e. The van der Waals surface area contributed by atoms with Gasteiger partial charge in [-0.1, -0.05) is 12.1 Å². The van der Waals surface area contributed by atoms with Crippen LogP contribution in [0.25, 0.3) is 17.0 Å². The first kappa shape index (κ1) is 16.1. The molecule has 0 radical (unpaired) electrons. The molecule has 0 spiro atoms. The van der Waals surface area contributed by atoms with Crippen LogP contribution in [0.4, 0.5) is 22.0 Å². The fourth-order valence-corrected chi connectivity index (χ4v) is 2.16. The number of aryl methyl sites for hydroxylation is 1. The molecule has 10 heteroatoms. The van der Waals surface area contributed by atoms with Gasteiger partial charge < -0.3 is 4.74 Å². The lowest BCUT2D eigenvalue weighted by Crippen LogP contribution is -2.06. The molecule has 0 fully saturated rings. The second-order valence-electron chi connectivity index (χ2n) is 4.85. The first-order chi connectivity index (χ1) is 11.2. The third kappa shape index (κ3) is 3.12. The normalized spacial score (nSPS) is 12.1. The van der Waals surface area contributed by atoms with E-state index in [9.17, 15) is 22.0 Å². The van der Waals surface area contributed by atoms with Gasteiger partial charge in [0.2, 0.25) is 0 Å². The summed E-state index contributed by atoms with van der Waals surface area (Å²) in [7, 11) is 0. The molecule has 1 aromatic carbocycles. The van der Waals surface area contributed by atoms with Gasteiger partial charge in [0.25, 0.3) is 5.78 Å². The third-order valence-electron chi connectivity index (χ3n) is 3.10. The Labute approximate surface area is 131 Å². The predicted octanol–water partition coefficient (Wildman–Crippen LogP) is 3.72.